The van der Waals surface area contributed by atoms with E-state index in [0.29, 0.717) is 5.69 Å². The number of anilines is 2. The predicted octanol–water partition coefficient (Wildman–Crippen LogP) is 4.06. The number of carboxylic acid groups (broad SMARTS) is 1. The maximum atomic E-state index is 13.2. The van der Waals surface area contributed by atoms with Crippen LogP contribution in [0.25, 0.3) is 0 Å². The second kappa shape index (κ2) is 8.33. The molecule has 0 saturated carbocycles. The minimum Gasteiger partial charge on any atom is -0.480 e. The second-order valence-electron chi connectivity index (χ2n) is 6.61. The lowest BCUT2D eigenvalue weighted by Gasteiger charge is -2.18. The van der Waals surface area contributed by atoms with Gasteiger partial charge in [0.2, 0.25) is 0 Å². The maximum absolute atomic E-state index is 13.2. The van der Waals surface area contributed by atoms with Crippen LogP contribution in [-0.4, -0.2) is 40.1 Å². The van der Waals surface area contributed by atoms with Crippen molar-refractivity contribution >= 4 is 52.3 Å². The summed E-state index contributed by atoms with van der Waals surface area (Å²) in [5, 5.41) is 10.5. The van der Waals surface area contributed by atoms with Gasteiger partial charge in [0.1, 0.15) is 12.2 Å². The highest BCUT2D eigenvalue weighted by Crippen LogP contribution is 2.45. The third-order valence-electron chi connectivity index (χ3n) is 4.78. The molecule has 0 bridgehead atoms. The van der Waals surface area contributed by atoms with E-state index >= 15 is 0 Å². The Labute approximate surface area is 184 Å². The fraction of sp³-hybridized carbons (Fsp3) is 0.136. The first-order chi connectivity index (χ1) is 14.5. The average molecular weight is 438 g/mol. The lowest BCUT2D eigenvalue weighted by molar-refractivity contribution is -0.137. The Morgan fingerprint density at radius 3 is 2.47 bits per heavy atom. The Morgan fingerprint density at radius 2 is 1.77 bits per heavy atom. The molecule has 4 rings (SSSR count). The Bertz CT molecular complexity index is 1080. The van der Waals surface area contributed by atoms with Crippen molar-refractivity contribution in [3.63, 3.8) is 0 Å². The molecule has 1 N–H and O–H groups in total. The summed E-state index contributed by atoms with van der Waals surface area (Å²) in [4.78, 5) is 30.6. The predicted molar refractivity (Wildman–Crippen MR) is 122 cm³/mol. The summed E-state index contributed by atoms with van der Waals surface area (Å²) in [7, 11) is 0. The van der Waals surface area contributed by atoms with Gasteiger partial charge in [0.15, 0.2) is 5.11 Å². The first-order valence-electron chi connectivity index (χ1n) is 9.40. The summed E-state index contributed by atoms with van der Waals surface area (Å²) >= 11 is 7.08. The zero-order valence-corrected chi connectivity index (χ0v) is 17.8. The maximum Gasteiger partial charge on any atom is 0.323 e. The Morgan fingerprint density at radius 1 is 1.07 bits per heavy atom. The van der Waals surface area contributed by atoms with Crippen LogP contribution in [-0.2, 0) is 9.59 Å². The molecule has 0 unspecified atom stereocenters. The third kappa shape index (κ3) is 3.59. The highest BCUT2D eigenvalue weighted by atomic mass is 32.2. The number of nitrogens with zero attached hydrogens (tertiary/aromatic N) is 3. The number of hydrogen-bond donors (Lipinski definition) is 1. The van der Waals surface area contributed by atoms with Crippen molar-refractivity contribution in [1.29, 1.82) is 0 Å². The molecular formula is C22H19N3O3S2. The van der Waals surface area contributed by atoms with Gasteiger partial charge >= 0.3 is 5.97 Å². The number of carbonyl (C=O) groups excluding carboxylic acids is 1. The first kappa shape index (κ1) is 20.2. The number of para-hydroxylation sites is 2. The molecule has 0 spiro atoms. The summed E-state index contributed by atoms with van der Waals surface area (Å²) < 4.78 is 0. The lowest BCUT2D eigenvalue weighted by Crippen LogP contribution is -2.35. The summed E-state index contributed by atoms with van der Waals surface area (Å²) in [5.74, 6) is -1.40. The minimum absolute atomic E-state index is 0.160. The molecule has 2 aromatic carbocycles. The smallest absolute Gasteiger partial charge is 0.323 e. The number of amides is 1. The molecule has 2 aliphatic heterocycles. The van der Waals surface area contributed by atoms with Gasteiger partial charge in [-0.25, -0.2) is 0 Å². The number of allylic oxidation sites excluding steroid dienone is 2. The van der Waals surface area contributed by atoms with Crippen molar-refractivity contribution in [2.75, 3.05) is 22.9 Å². The van der Waals surface area contributed by atoms with Crippen LogP contribution >= 0.6 is 24.0 Å². The van der Waals surface area contributed by atoms with Crippen LogP contribution in [0.4, 0.5) is 11.4 Å². The standard InChI is InChI=1S/C22H19N3O3S2/c1-2-23-16-10-6-7-11-18(16)30-19(23)13-12-17-21(28)25(15-8-4-3-5-9-15)22(29)24(17)14-20(26)27/h3-13H,2,14H2,1H3,(H,26,27)/b17-12-,19-13+. The van der Waals surface area contributed by atoms with Gasteiger partial charge in [0, 0.05) is 11.4 Å². The number of benzene rings is 2. The van der Waals surface area contributed by atoms with E-state index in [2.05, 4.69) is 24.0 Å². The van der Waals surface area contributed by atoms with E-state index in [4.69, 9.17) is 12.2 Å². The summed E-state index contributed by atoms with van der Waals surface area (Å²) in [6.07, 6.45) is 3.52. The summed E-state index contributed by atoms with van der Waals surface area (Å²) in [6, 6.07) is 17.1. The van der Waals surface area contributed by atoms with E-state index in [1.165, 1.54) is 9.80 Å². The van der Waals surface area contributed by atoms with Crippen LogP contribution in [0.3, 0.4) is 0 Å². The van der Waals surface area contributed by atoms with E-state index < -0.39 is 5.97 Å². The fourth-order valence-electron chi connectivity index (χ4n) is 3.45. The van der Waals surface area contributed by atoms with Gasteiger partial charge in [0.05, 0.1) is 16.4 Å². The molecule has 1 saturated heterocycles. The number of carboxylic acids is 1. The molecule has 1 fully saturated rings. The van der Waals surface area contributed by atoms with Crippen molar-refractivity contribution in [2.45, 2.75) is 11.8 Å². The van der Waals surface area contributed by atoms with E-state index in [-0.39, 0.29) is 23.3 Å². The molecule has 2 heterocycles. The topological polar surface area (TPSA) is 64.1 Å². The number of thioether (sulfide) groups is 1. The largest absolute Gasteiger partial charge is 0.480 e. The Kier molecular flexibility index (Phi) is 5.61. The molecule has 2 aromatic rings. The zero-order chi connectivity index (χ0) is 21.3. The molecule has 0 aromatic heterocycles. The van der Waals surface area contributed by atoms with Crippen LogP contribution in [0, 0.1) is 0 Å². The first-order valence-corrected chi connectivity index (χ1v) is 10.6. The van der Waals surface area contributed by atoms with Crippen LogP contribution in [0.5, 0.6) is 0 Å². The van der Waals surface area contributed by atoms with Crippen molar-refractivity contribution < 1.29 is 14.7 Å². The van der Waals surface area contributed by atoms with Crippen LogP contribution < -0.4 is 9.80 Å². The number of aliphatic carboxylic acids is 1. The van der Waals surface area contributed by atoms with Gasteiger partial charge in [-0.2, -0.15) is 0 Å². The van der Waals surface area contributed by atoms with Crippen LogP contribution in [0.1, 0.15) is 6.92 Å². The third-order valence-corrected chi connectivity index (χ3v) is 6.31. The molecule has 0 atom stereocenters. The summed E-state index contributed by atoms with van der Waals surface area (Å²) in [6.45, 7) is 2.46. The van der Waals surface area contributed by atoms with Crippen molar-refractivity contribution in [2.24, 2.45) is 0 Å². The lowest BCUT2D eigenvalue weighted by atomic mass is 10.2. The van der Waals surface area contributed by atoms with E-state index in [1.54, 1.807) is 30.0 Å². The quantitative estimate of drug-likeness (QED) is 0.559. The average Bonchev–Trinajstić information content (AvgIpc) is 3.21. The molecule has 1 amide bonds. The van der Waals surface area contributed by atoms with E-state index in [1.807, 2.05) is 36.4 Å². The molecule has 152 valence electrons. The SMILES string of the molecule is CCN1/C(=C\C=C2\C(=O)N(c3ccccc3)C(=S)N2CC(=O)O)Sc2ccccc21. The zero-order valence-electron chi connectivity index (χ0n) is 16.2. The van der Waals surface area contributed by atoms with Gasteiger partial charge in [-0.3, -0.25) is 14.5 Å². The van der Waals surface area contributed by atoms with Crippen LogP contribution in [0.15, 0.2) is 82.4 Å². The number of rotatable bonds is 5. The van der Waals surface area contributed by atoms with E-state index in [9.17, 15) is 14.7 Å². The molecule has 0 radical (unpaired) electrons. The number of hydrogen-bond acceptors (Lipinski definition) is 5. The highest BCUT2D eigenvalue weighted by Gasteiger charge is 2.39. The molecule has 30 heavy (non-hydrogen) atoms. The molecular weight excluding hydrogens is 418 g/mol. The van der Waals surface area contributed by atoms with Crippen molar-refractivity contribution in [3.8, 4) is 0 Å². The van der Waals surface area contributed by atoms with Gasteiger partial charge in [0.25, 0.3) is 5.91 Å². The van der Waals surface area contributed by atoms with Gasteiger partial charge in [-0.05, 0) is 55.6 Å². The van der Waals surface area contributed by atoms with Crippen LogP contribution in [0.2, 0.25) is 0 Å². The monoisotopic (exact) mass is 437 g/mol. The Hall–Kier alpha value is -3.10. The Balaban J connectivity index is 1.71. The second-order valence-corrected chi connectivity index (χ2v) is 8.04. The van der Waals surface area contributed by atoms with Crippen molar-refractivity contribution in [1.82, 2.24) is 4.90 Å². The van der Waals surface area contributed by atoms with E-state index in [0.717, 1.165) is 22.2 Å². The van der Waals surface area contributed by atoms with Gasteiger partial charge in [-0.1, -0.05) is 42.1 Å². The van der Waals surface area contributed by atoms with Crippen molar-refractivity contribution in [3.05, 3.63) is 77.5 Å². The fourth-order valence-corrected chi connectivity index (χ4v) is 4.93. The highest BCUT2D eigenvalue weighted by molar-refractivity contribution is 8.03. The van der Waals surface area contributed by atoms with Gasteiger partial charge in [-0.15, -0.1) is 0 Å². The number of carbonyl (C=O) groups is 2. The molecule has 8 heteroatoms. The molecule has 0 aliphatic carbocycles. The summed E-state index contributed by atoms with van der Waals surface area (Å²) in [5.41, 5.74) is 1.97. The number of fused-ring (bicyclic) bond motifs is 1. The number of thiocarbonyl (C=S) groups is 1. The van der Waals surface area contributed by atoms with Gasteiger partial charge < -0.3 is 14.9 Å². The molecule has 2 aliphatic rings. The molecule has 6 nitrogen and oxygen atoms in total. The normalized spacial score (nSPS) is 18.6. The minimum atomic E-state index is -1.06.